The molecule has 26 heavy (non-hydrogen) atoms. The van der Waals surface area contributed by atoms with Gasteiger partial charge < -0.3 is 20.1 Å². The number of methoxy groups -OCH3 is 1. The second-order valence-corrected chi connectivity index (χ2v) is 6.63. The highest BCUT2D eigenvalue weighted by atomic mass is 127. The van der Waals surface area contributed by atoms with Gasteiger partial charge in [-0.15, -0.1) is 24.0 Å². The summed E-state index contributed by atoms with van der Waals surface area (Å²) in [4.78, 5) is 4.74. The van der Waals surface area contributed by atoms with Crippen LogP contribution in [0.1, 0.15) is 37.6 Å². The number of ether oxygens (including phenoxy) is 2. The van der Waals surface area contributed by atoms with Crippen molar-refractivity contribution in [1.82, 2.24) is 20.4 Å². The number of rotatable bonds is 8. The zero-order valence-electron chi connectivity index (χ0n) is 16.5. The molecule has 0 spiro atoms. The van der Waals surface area contributed by atoms with Crippen molar-refractivity contribution in [2.75, 3.05) is 40.0 Å². The lowest BCUT2D eigenvalue weighted by atomic mass is 9.94. The van der Waals surface area contributed by atoms with Crippen LogP contribution in [0.5, 0.6) is 0 Å². The Kier molecular flexibility index (Phi) is 10.5. The van der Waals surface area contributed by atoms with Crippen molar-refractivity contribution in [1.29, 1.82) is 0 Å². The van der Waals surface area contributed by atoms with Crippen LogP contribution in [0.25, 0.3) is 0 Å². The molecule has 7 nitrogen and oxygen atoms in total. The lowest BCUT2D eigenvalue weighted by Gasteiger charge is -2.34. The first-order valence-electron chi connectivity index (χ1n) is 9.25. The minimum Gasteiger partial charge on any atom is -0.381 e. The highest BCUT2D eigenvalue weighted by Gasteiger charge is 2.32. The molecular formula is C18H34IN5O2. The molecule has 0 saturated carbocycles. The Labute approximate surface area is 174 Å². The first kappa shape index (κ1) is 23.2. The molecule has 0 aliphatic carbocycles. The zero-order chi connectivity index (χ0) is 18.1. The van der Waals surface area contributed by atoms with Crippen LogP contribution in [0.4, 0.5) is 0 Å². The van der Waals surface area contributed by atoms with Crippen molar-refractivity contribution in [2.45, 2.75) is 52.2 Å². The average Bonchev–Trinajstić information content (AvgIpc) is 2.94. The first-order chi connectivity index (χ1) is 12.1. The van der Waals surface area contributed by atoms with Gasteiger partial charge in [0.25, 0.3) is 0 Å². The van der Waals surface area contributed by atoms with Gasteiger partial charge in [-0.2, -0.15) is 5.10 Å². The predicted octanol–water partition coefficient (Wildman–Crippen LogP) is 2.26. The first-order valence-corrected chi connectivity index (χ1v) is 9.25. The minimum absolute atomic E-state index is 0. The molecule has 0 radical (unpaired) electrons. The largest absolute Gasteiger partial charge is 0.381 e. The molecule has 1 aliphatic heterocycles. The van der Waals surface area contributed by atoms with E-state index in [-0.39, 0.29) is 29.6 Å². The summed E-state index contributed by atoms with van der Waals surface area (Å²) < 4.78 is 13.3. The molecule has 8 heteroatoms. The molecule has 1 saturated heterocycles. The fraction of sp³-hybridized carbons (Fsp3) is 0.778. The van der Waals surface area contributed by atoms with E-state index < -0.39 is 0 Å². The van der Waals surface area contributed by atoms with Gasteiger partial charge in [-0.1, -0.05) is 0 Å². The van der Waals surface area contributed by atoms with Crippen LogP contribution in [0, 0.1) is 13.8 Å². The summed E-state index contributed by atoms with van der Waals surface area (Å²) in [5.41, 5.74) is 2.09. The Balaban J connectivity index is 0.00000338. The predicted molar refractivity (Wildman–Crippen MR) is 116 cm³/mol. The summed E-state index contributed by atoms with van der Waals surface area (Å²) in [6.07, 6.45) is 2.78. The number of guanidine groups is 1. The molecule has 2 N–H and O–H groups in total. The number of halogens is 1. The monoisotopic (exact) mass is 479 g/mol. The van der Waals surface area contributed by atoms with Crippen molar-refractivity contribution >= 4 is 29.9 Å². The standard InChI is InChI=1S/C18H33N5O2.HI/c1-5-19-17(21-14-18(24-4)7-11-25-12-8-18)20-9-6-10-23-16(3)13-15(2)22-23;/h13H,5-12,14H2,1-4H3,(H2,19,20,21);1H. The molecule has 1 aromatic heterocycles. The lowest BCUT2D eigenvalue weighted by molar-refractivity contribution is -0.0828. The molecule has 0 amide bonds. The van der Waals surface area contributed by atoms with Crippen LogP contribution in [0.15, 0.2) is 11.1 Å². The maximum absolute atomic E-state index is 5.75. The van der Waals surface area contributed by atoms with Crippen LogP contribution in [0.3, 0.4) is 0 Å². The normalized spacial score (nSPS) is 16.8. The van der Waals surface area contributed by atoms with Crippen LogP contribution < -0.4 is 10.6 Å². The number of hydrogen-bond acceptors (Lipinski definition) is 4. The van der Waals surface area contributed by atoms with Crippen molar-refractivity contribution < 1.29 is 9.47 Å². The van der Waals surface area contributed by atoms with Gasteiger partial charge in [-0.05, 0) is 33.3 Å². The molecular weight excluding hydrogens is 445 g/mol. The fourth-order valence-corrected chi connectivity index (χ4v) is 3.07. The molecule has 2 heterocycles. The Morgan fingerprint density at radius 3 is 2.65 bits per heavy atom. The third-order valence-electron chi connectivity index (χ3n) is 4.65. The Hall–Kier alpha value is -0.870. The van der Waals surface area contributed by atoms with Crippen LogP contribution in [-0.2, 0) is 16.0 Å². The van der Waals surface area contributed by atoms with Crippen molar-refractivity contribution in [3.8, 4) is 0 Å². The minimum atomic E-state index is -0.190. The number of aryl methyl sites for hydroxylation is 3. The number of nitrogens with zero attached hydrogens (tertiary/aromatic N) is 3. The molecule has 0 bridgehead atoms. The topological polar surface area (TPSA) is 72.7 Å². The number of hydrogen-bond donors (Lipinski definition) is 2. The number of nitrogens with one attached hydrogen (secondary N) is 2. The van der Waals surface area contributed by atoms with E-state index in [4.69, 9.17) is 14.5 Å². The Morgan fingerprint density at radius 2 is 2.08 bits per heavy atom. The molecule has 2 rings (SSSR count). The van der Waals surface area contributed by atoms with Gasteiger partial charge in [0.1, 0.15) is 0 Å². The highest BCUT2D eigenvalue weighted by molar-refractivity contribution is 14.0. The Bertz CT molecular complexity index is 556. The summed E-state index contributed by atoms with van der Waals surface area (Å²) in [5.74, 6) is 0.846. The third-order valence-corrected chi connectivity index (χ3v) is 4.65. The van der Waals surface area contributed by atoms with E-state index >= 15 is 0 Å². The maximum Gasteiger partial charge on any atom is 0.191 e. The summed E-state index contributed by atoms with van der Waals surface area (Å²) in [6.45, 7) is 10.9. The zero-order valence-corrected chi connectivity index (χ0v) is 18.8. The molecule has 1 aromatic rings. The molecule has 0 atom stereocenters. The smallest absolute Gasteiger partial charge is 0.191 e. The van der Waals surface area contributed by atoms with Crippen LogP contribution >= 0.6 is 24.0 Å². The number of aromatic nitrogens is 2. The van der Waals surface area contributed by atoms with E-state index in [9.17, 15) is 0 Å². The summed E-state index contributed by atoms with van der Waals surface area (Å²) in [5, 5.41) is 11.2. The molecule has 0 unspecified atom stereocenters. The molecule has 1 aliphatic rings. The van der Waals surface area contributed by atoms with E-state index in [1.54, 1.807) is 7.11 Å². The summed E-state index contributed by atoms with van der Waals surface area (Å²) in [6, 6.07) is 2.11. The molecule has 0 aromatic carbocycles. The van der Waals surface area contributed by atoms with Crippen LogP contribution in [-0.4, -0.2) is 61.3 Å². The van der Waals surface area contributed by atoms with Gasteiger partial charge >= 0.3 is 0 Å². The van der Waals surface area contributed by atoms with E-state index in [0.717, 1.165) is 63.8 Å². The van der Waals surface area contributed by atoms with E-state index in [1.807, 2.05) is 6.92 Å². The van der Waals surface area contributed by atoms with E-state index in [1.165, 1.54) is 5.69 Å². The quantitative estimate of drug-likeness (QED) is 0.259. The lowest BCUT2D eigenvalue weighted by Crippen LogP contribution is -2.44. The SMILES string of the molecule is CCNC(=NCC1(OC)CCOCC1)NCCCn1nc(C)cc1C.I. The van der Waals surface area contributed by atoms with Gasteiger partial charge in [0, 0.05) is 58.5 Å². The average molecular weight is 479 g/mol. The second-order valence-electron chi connectivity index (χ2n) is 6.63. The highest BCUT2D eigenvalue weighted by Crippen LogP contribution is 2.24. The van der Waals surface area contributed by atoms with Gasteiger partial charge in [0.15, 0.2) is 5.96 Å². The van der Waals surface area contributed by atoms with Gasteiger partial charge in [-0.25, -0.2) is 0 Å². The second kappa shape index (κ2) is 11.8. The van der Waals surface area contributed by atoms with Gasteiger partial charge in [0.05, 0.1) is 17.8 Å². The Morgan fingerprint density at radius 1 is 1.35 bits per heavy atom. The van der Waals surface area contributed by atoms with Gasteiger partial charge in [-0.3, -0.25) is 9.67 Å². The van der Waals surface area contributed by atoms with Crippen LogP contribution in [0.2, 0.25) is 0 Å². The molecule has 150 valence electrons. The fourth-order valence-electron chi connectivity index (χ4n) is 3.07. The summed E-state index contributed by atoms with van der Waals surface area (Å²) in [7, 11) is 1.77. The van der Waals surface area contributed by atoms with E-state index in [0.29, 0.717) is 6.54 Å². The molecule has 1 fully saturated rings. The third kappa shape index (κ3) is 7.03. The van der Waals surface area contributed by atoms with Crippen molar-refractivity contribution in [3.05, 3.63) is 17.5 Å². The maximum atomic E-state index is 5.75. The van der Waals surface area contributed by atoms with Crippen molar-refractivity contribution in [3.63, 3.8) is 0 Å². The van der Waals surface area contributed by atoms with E-state index in [2.05, 4.69) is 40.3 Å². The summed E-state index contributed by atoms with van der Waals surface area (Å²) >= 11 is 0. The van der Waals surface area contributed by atoms with Crippen molar-refractivity contribution in [2.24, 2.45) is 4.99 Å². The van der Waals surface area contributed by atoms with Gasteiger partial charge in [0.2, 0.25) is 0 Å². The number of aliphatic imine (C=N–C) groups is 1.